The minimum Gasteiger partial charge on any atom is -0.310 e. The average Bonchev–Trinajstić information content (AvgIpc) is 3.30. The Bertz CT molecular complexity index is 1960. The molecule has 0 aliphatic heterocycles. The molecular weight excluding hydrogens is 508 g/mol. The molecular formula is C40H34N2. The van der Waals surface area contributed by atoms with E-state index < -0.39 is 0 Å². The molecule has 0 N–H and O–H groups in total. The fourth-order valence-corrected chi connectivity index (χ4v) is 6.10. The highest BCUT2D eigenvalue weighted by molar-refractivity contribution is 6.09. The van der Waals surface area contributed by atoms with Crippen molar-refractivity contribution in [3.05, 3.63) is 156 Å². The number of aromatic nitrogens is 1. The van der Waals surface area contributed by atoms with E-state index in [1.165, 1.54) is 60.9 Å². The highest BCUT2D eigenvalue weighted by atomic mass is 15.1. The Morgan fingerprint density at radius 1 is 0.405 bits per heavy atom. The van der Waals surface area contributed by atoms with Crippen LogP contribution in [0.25, 0.3) is 38.6 Å². The van der Waals surface area contributed by atoms with E-state index in [-0.39, 0.29) is 0 Å². The second-order valence-corrected chi connectivity index (χ2v) is 11.5. The summed E-state index contributed by atoms with van der Waals surface area (Å²) < 4.78 is 2.40. The summed E-state index contributed by atoms with van der Waals surface area (Å²) in [5.74, 6) is 0. The van der Waals surface area contributed by atoms with E-state index in [9.17, 15) is 0 Å². The molecule has 7 rings (SSSR count). The van der Waals surface area contributed by atoms with E-state index in [4.69, 9.17) is 0 Å². The number of anilines is 3. The number of aryl methyl sites for hydroxylation is 4. The molecule has 0 bridgehead atoms. The van der Waals surface area contributed by atoms with Gasteiger partial charge in [0, 0.05) is 33.5 Å². The van der Waals surface area contributed by atoms with Gasteiger partial charge in [-0.1, -0.05) is 72.8 Å². The zero-order valence-corrected chi connectivity index (χ0v) is 24.6. The van der Waals surface area contributed by atoms with E-state index in [0.717, 1.165) is 17.1 Å². The van der Waals surface area contributed by atoms with Crippen molar-refractivity contribution >= 4 is 38.9 Å². The van der Waals surface area contributed by atoms with Crippen molar-refractivity contribution in [2.75, 3.05) is 4.90 Å². The van der Waals surface area contributed by atoms with Gasteiger partial charge >= 0.3 is 0 Å². The van der Waals surface area contributed by atoms with Crippen LogP contribution in [0.2, 0.25) is 0 Å². The molecule has 0 aliphatic carbocycles. The third kappa shape index (κ3) is 4.65. The Hall–Kier alpha value is -5.08. The molecule has 204 valence electrons. The minimum atomic E-state index is 1.14. The summed E-state index contributed by atoms with van der Waals surface area (Å²) in [4.78, 5) is 2.33. The third-order valence-electron chi connectivity index (χ3n) is 8.18. The van der Waals surface area contributed by atoms with Gasteiger partial charge in [0.2, 0.25) is 0 Å². The Balaban J connectivity index is 1.26. The Morgan fingerprint density at radius 3 is 1.33 bits per heavy atom. The summed E-state index contributed by atoms with van der Waals surface area (Å²) in [5, 5.41) is 2.59. The summed E-state index contributed by atoms with van der Waals surface area (Å²) in [5.41, 5.74) is 14.6. The van der Waals surface area contributed by atoms with Crippen LogP contribution in [0.3, 0.4) is 0 Å². The third-order valence-corrected chi connectivity index (χ3v) is 8.18. The van der Waals surface area contributed by atoms with Crippen LogP contribution < -0.4 is 4.90 Å². The Morgan fingerprint density at radius 2 is 0.857 bits per heavy atom. The topological polar surface area (TPSA) is 8.17 Å². The van der Waals surface area contributed by atoms with Gasteiger partial charge in [-0.2, -0.15) is 0 Å². The van der Waals surface area contributed by atoms with Crippen molar-refractivity contribution in [3.63, 3.8) is 0 Å². The Labute approximate surface area is 248 Å². The first kappa shape index (κ1) is 25.9. The molecule has 0 atom stereocenters. The zero-order valence-electron chi connectivity index (χ0n) is 24.6. The molecule has 0 saturated carbocycles. The number of hydrogen-bond donors (Lipinski definition) is 0. The summed E-state index contributed by atoms with van der Waals surface area (Å²) in [7, 11) is 0. The summed E-state index contributed by atoms with van der Waals surface area (Å²) in [6.45, 7) is 8.62. The molecule has 7 aromatic rings. The normalized spacial score (nSPS) is 11.3. The van der Waals surface area contributed by atoms with Gasteiger partial charge in [0.25, 0.3) is 0 Å². The molecule has 1 aromatic heterocycles. The smallest absolute Gasteiger partial charge is 0.0543 e. The van der Waals surface area contributed by atoms with Crippen LogP contribution in [0.5, 0.6) is 0 Å². The summed E-state index contributed by atoms with van der Waals surface area (Å²) in [6.07, 6.45) is 0. The van der Waals surface area contributed by atoms with Gasteiger partial charge in [0.15, 0.2) is 0 Å². The summed E-state index contributed by atoms with van der Waals surface area (Å²) in [6, 6.07) is 48.8. The number of nitrogens with zero attached hydrogens (tertiary/aromatic N) is 2. The van der Waals surface area contributed by atoms with Gasteiger partial charge in [0.05, 0.1) is 11.0 Å². The fraction of sp³-hybridized carbons (Fsp3) is 0.100. The first-order chi connectivity index (χ1) is 20.4. The number of rotatable bonds is 5. The monoisotopic (exact) mass is 542 g/mol. The van der Waals surface area contributed by atoms with E-state index in [0.29, 0.717) is 0 Å². The van der Waals surface area contributed by atoms with E-state index in [2.05, 4.69) is 171 Å². The van der Waals surface area contributed by atoms with Crippen LogP contribution in [-0.2, 0) is 0 Å². The average molecular weight is 543 g/mol. The molecule has 0 spiro atoms. The van der Waals surface area contributed by atoms with E-state index in [1.54, 1.807) is 0 Å². The van der Waals surface area contributed by atoms with Gasteiger partial charge in [-0.05, 0) is 122 Å². The number of fused-ring (bicyclic) bond motifs is 3. The molecule has 0 radical (unpaired) electrons. The van der Waals surface area contributed by atoms with E-state index in [1.807, 2.05) is 0 Å². The molecule has 0 unspecified atom stereocenters. The number of benzene rings is 6. The highest BCUT2D eigenvalue weighted by Gasteiger charge is 2.15. The lowest BCUT2D eigenvalue weighted by Crippen LogP contribution is -2.10. The Kier molecular flexibility index (Phi) is 6.40. The quantitative estimate of drug-likeness (QED) is 0.210. The van der Waals surface area contributed by atoms with Crippen molar-refractivity contribution in [3.8, 4) is 16.8 Å². The summed E-state index contributed by atoms with van der Waals surface area (Å²) >= 11 is 0. The maximum atomic E-state index is 2.40. The molecule has 42 heavy (non-hydrogen) atoms. The first-order valence-electron chi connectivity index (χ1n) is 14.6. The molecule has 0 saturated heterocycles. The van der Waals surface area contributed by atoms with Crippen LogP contribution in [-0.4, -0.2) is 4.57 Å². The lowest BCUT2D eigenvalue weighted by atomic mass is 10.0. The van der Waals surface area contributed by atoms with Gasteiger partial charge in [-0.25, -0.2) is 0 Å². The van der Waals surface area contributed by atoms with Gasteiger partial charge in [-0.3, -0.25) is 0 Å². The SMILES string of the molecule is Cc1cccc(N(c2ccc(-c3ccc(-n4c5cc(C)ccc5c5ccc(C)cc54)cc3)cc2)c2cccc(C)c2)c1. The van der Waals surface area contributed by atoms with Crippen LogP contribution in [0.4, 0.5) is 17.1 Å². The van der Waals surface area contributed by atoms with Crippen LogP contribution in [0.1, 0.15) is 22.3 Å². The van der Waals surface area contributed by atoms with Crippen molar-refractivity contribution in [2.45, 2.75) is 27.7 Å². The number of hydrogen-bond acceptors (Lipinski definition) is 1. The van der Waals surface area contributed by atoms with Crippen molar-refractivity contribution in [2.24, 2.45) is 0 Å². The molecule has 2 heteroatoms. The van der Waals surface area contributed by atoms with Gasteiger partial charge in [0.1, 0.15) is 0 Å². The zero-order chi connectivity index (χ0) is 28.8. The fourth-order valence-electron chi connectivity index (χ4n) is 6.10. The molecule has 0 fully saturated rings. The van der Waals surface area contributed by atoms with Gasteiger partial charge in [-0.15, -0.1) is 0 Å². The molecule has 1 heterocycles. The van der Waals surface area contributed by atoms with Crippen LogP contribution >= 0.6 is 0 Å². The highest BCUT2D eigenvalue weighted by Crippen LogP contribution is 2.37. The largest absolute Gasteiger partial charge is 0.310 e. The second kappa shape index (κ2) is 10.4. The maximum Gasteiger partial charge on any atom is 0.0543 e. The molecule has 0 aliphatic rings. The predicted octanol–water partition coefficient (Wildman–Crippen LogP) is 11.2. The van der Waals surface area contributed by atoms with Crippen LogP contribution in [0.15, 0.2) is 133 Å². The molecule has 2 nitrogen and oxygen atoms in total. The lowest BCUT2D eigenvalue weighted by molar-refractivity contribution is 1.17. The van der Waals surface area contributed by atoms with Crippen LogP contribution in [0, 0.1) is 27.7 Å². The first-order valence-corrected chi connectivity index (χ1v) is 14.6. The molecule has 0 amide bonds. The second-order valence-electron chi connectivity index (χ2n) is 11.5. The van der Waals surface area contributed by atoms with Crippen molar-refractivity contribution in [1.82, 2.24) is 4.57 Å². The molecule has 6 aromatic carbocycles. The van der Waals surface area contributed by atoms with Gasteiger partial charge < -0.3 is 9.47 Å². The predicted molar refractivity (Wildman–Crippen MR) is 180 cm³/mol. The maximum absolute atomic E-state index is 2.40. The standard InChI is InChI=1S/C40H34N2/c1-27-7-5-9-35(23-27)41(36-10-6-8-28(2)24-36)33-17-13-31(14-18-33)32-15-19-34(20-16-32)42-39-25-29(3)11-21-37(39)38-22-12-30(4)26-40(38)42/h5-26H,1-4H3. The van der Waals surface area contributed by atoms with E-state index >= 15 is 0 Å². The lowest BCUT2D eigenvalue weighted by Gasteiger charge is -2.26. The minimum absolute atomic E-state index is 1.14. The van der Waals surface area contributed by atoms with Crippen molar-refractivity contribution < 1.29 is 0 Å². The van der Waals surface area contributed by atoms with Crippen molar-refractivity contribution in [1.29, 1.82) is 0 Å².